The fourth-order valence-electron chi connectivity index (χ4n) is 2.96. The van der Waals surface area contributed by atoms with Crippen molar-refractivity contribution in [3.8, 4) is 0 Å². The van der Waals surface area contributed by atoms with Crippen LogP contribution < -0.4 is 5.32 Å². The van der Waals surface area contributed by atoms with Gasteiger partial charge in [-0.05, 0) is 37.0 Å². The second-order valence-corrected chi connectivity index (χ2v) is 6.00. The third kappa shape index (κ3) is 3.39. The van der Waals surface area contributed by atoms with Crippen LogP contribution >= 0.6 is 0 Å². The number of hydrogen-bond donors (Lipinski definition) is 1. The van der Waals surface area contributed by atoms with E-state index < -0.39 is 17.7 Å². The highest BCUT2D eigenvalue weighted by molar-refractivity contribution is 5.75. The average molecular weight is 334 g/mol. The number of rotatable bonds is 3. The Balaban J connectivity index is 1.89. The Hall–Kier alpha value is -2.44. The molecule has 0 aliphatic carbocycles. The fourth-order valence-corrected chi connectivity index (χ4v) is 2.96. The molecule has 128 valence electrons. The highest BCUT2D eigenvalue weighted by atomic mass is 19.2. The topological polar surface area (TPSA) is 50.2 Å². The van der Waals surface area contributed by atoms with Crippen molar-refractivity contribution in [3.63, 3.8) is 0 Å². The van der Waals surface area contributed by atoms with Gasteiger partial charge in [0.15, 0.2) is 11.6 Å². The number of urea groups is 1. The van der Waals surface area contributed by atoms with E-state index in [1.165, 1.54) is 6.07 Å². The van der Waals surface area contributed by atoms with Crippen LogP contribution in [0.1, 0.15) is 36.7 Å². The predicted molar refractivity (Wildman–Crippen MR) is 85.4 cm³/mol. The molecule has 2 aromatic rings. The van der Waals surface area contributed by atoms with E-state index >= 15 is 0 Å². The zero-order chi connectivity index (χ0) is 17.1. The van der Waals surface area contributed by atoms with E-state index in [2.05, 4.69) is 10.3 Å². The summed E-state index contributed by atoms with van der Waals surface area (Å²) in [6, 6.07) is 2.77. The number of imidazole rings is 1. The monoisotopic (exact) mass is 334 g/mol. The number of halogens is 2. The number of carbonyl (C=O) groups excluding carboxylic acids is 1. The molecular weight excluding hydrogens is 314 g/mol. The summed E-state index contributed by atoms with van der Waals surface area (Å²) in [5.74, 6) is -1.30. The third-order valence-electron chi connectivity index (χ3n) is 4.30. The number of nitrogens with zero attached hydrogens (tertiary/aromatic N) is 3. The summed E-state index contributed by atoms with van der Waals surface area (Å²) in [5, 5.41) is 2.91. The van der Waals surface area contributed by atoms with Gasteiger partial charge in [0, 0.05) is 32.5 Å². The molecule has 3 rings (SSSR count). The van der Waals surface area contributed by atoms with Crippen LogP contribution in [0.25, 0.3) is 0 Å². The first kappa shape index (κ1) is 16.4. The van der Waals surface area contributed by atoms with Crippen molar-refractivity contribution in [1.29, 1.82) is 0 Å². The van der Waals surface area contributed by atoms with Gasteiger partial charge in [0.2, 0.25) is 0 Å². The molecule has 0 bridgehead atoms. The van der Waals surface area contributed by atoms with Gasteiger partial charge in [0.1, 0.15) is 11.9 Å². The molecule has 7 heteroatoms. The van der Waals surface area contributed by atoms with Gasteiger partial charge in [0.05, 0.1) is 0 Å². The van der Waals surface area contributed by atoms with Crippen LogP contribution in [0.5, 0.6) is 0 Å². The summed E-state index contributed by atoms with van der Waals surface area (Å²) >= 11 is 0. The number of likely N-dealkylation sites (tertiary alicyclic amines) is 1. The smallest absolute Gasteiger partial charge is 0.318 e. The Morgan fingerprint density at radius 3 is 2.58 bits per heavy atom. The number of benzene rings is 1. The summed E-state index contributed by atoms with van der Waals surface area (Å²) in [4.78, 5) is 18.6. The lowest BCUT2D eigenvalue weighted by Gasteiger charge is -2.29. The highest BCUT2D eigenvalue weighted by Gasteiger charge is 2.25. The highest BCUT2D eigenvalue weighted by Crippen LogP contribution is 2.23. The zero-order valence-electron chi connectivity index (χ0n) is 13.5. The maximum atomic E-state index is 13.6. The van der Waals surface area contributed by atoms with Gasteiger partial charge in [-0.1, -0.05) is 6.07 Å². The Bertz CT molecular complexity index is 725. The number of hydrogen-bond acceptors (Lipinski definition) is 2. The molecule has 0 unspecified atom stereocenters. The molecule has 0 spiro atoms. The van der Waals surface area contributed by atoms with Crippen molar-refractivity contribution in [1.82, 2.24) is 19.8 Å². The van der Waals surface area contributed by atoms with Crippen molar-refractivity contribution >= 4 is 6.03 Å². The second-order valence-electron chi connectivity index (χ2n) is 6.00. The lowest BCUT2D eigenvalue weighted by molar-refractivity contribution is 0.183. The lowest BCUT2D eigenvalue weighted by atomic mass is 10.1. The molecule has 1 fully saturated rings. The van der Waals surface area contributed by atoms with Crippen LogP contribution in [0, 0.1) is 11.6 Å². The van der Waals surface area contributed by atoms with Gasteiger partial charge in [-0.15, -0.1) is 0 Å². The first-order valence-corrected chi connectivity index (χ1v) is 8.04. The lowest BCUT2D eigenvalue weighted by Crippen LogP contribution is -2.44. The molecule has 0 radical (unpaired) electrons. The normalized spacial score (nSPS) is 16.0. The molecule has 1 aromatic carbocycles. The molecule has 1 N–H and O–H groups in total. The Labute approximate surface area is 139 Å². The van der Waals surface area contributed by atoms with Crippen LogP contribution in [-0.2, 0) is 7.05 Å². The van der Waals surface area contributed by atoms with E-state index in [4.69, 9.17) is 0 Å². The maximum absolute atomic E-state index is 13.6. The maximum Gasteiger partial charge on any atom is 0.318 e. The molecule has 1 saturated heterocycles. The Morgan fingerprint density at radius 1 is 1.21 bits per heavy atom. The molecule has 1 atom stereocenters. The molecule has 24 heavy (non-hydrogen) atoms. The van der Waals surface area contributed by atoms with Gasteiger partial charge in [-0.2, -0.15) is 0 Å². The van der Waals surface area contributed by atoms with E-state index in [1.54, 1.807) is 28.9 Å². The number of piperidine rings is 1. The SMILES string of the molecule is Cn1ccnc1[C@@H](NC(=O)N1CCCCC1)c1ccc(F)c(F)c1. The number of nitrogens with one attached hydrogen (secondary N) is 1. The molecule has 5 nitrogen and oxygen atoms in total. The van der Waals surface area contributed by atoms with Gasteiger partial charge < -0.3 is 14.8 Å². The number of aromatic nitrogens is 2. The van der Waals surface area contributed by atoms with Crippen molar-refractivity contribution in [2.75, 3.05) is 13.1 Å². The largest absolute Gasteiger partial charge is 0.336 e. The van der Waals surface area contributed by atoms with Crippen molar-refractivity contribution in [3.05, 3.63) is 53.6 Å². The first-order chi connectivity index (χ1) is 11.6. The van der Waals surface area contributed by atoms with Crippen LogP contribution in [0.2, 0.25) is 0 Å². The fraction of sp³-hybridized carbons (Fsp3) is 0.412. The van der Waals surface area contributed by atoms with Crippen molar-refractivity contribution in [2.24, 2.45) is 7.05 Å². The van der Waals surface area contributed by atoms with E-state index in [1.807, 2.05) is 0 Å². The number of aryl methyl sites for hydroxylation is 1. The molecule has 2 heterocycles. The van der Waals surface area contributed by atoms with E-state index in [0.29, 0.717) is 24.5 Å². The summed E-state index contributed by atoms with van der Waals surface area (Å²) in [6.45, 7) is 1.41. The number of carbonyl (C=O) groups is 1. The average Bonchev–Trinajstić information content (AvgIpc) is 3.01. The van der Waals surface area contributed by atoms with Crippen LogP contribution in [0.4, 0.5) is 13.6 Å². The summed E-state index contributed by atoms with van der Waals surface area (Å²) in [7, 11) is 1.79. The predicted octanol–water partition coefficient (Wildman–Crippen LogP) is 2.98. The Morgan fingerprint density at radius 2 is 1.96 bits per heavy atom. The van der Waals surface area contributed by atoms with E-state index in [-0.39, 0.29) is 6.03 Å². The zero-order valence-corrected chi connectivity index (χ0v) is 13.5. The summed E-state index contributed by atoms with van der Waals surface area (Å²) < 4.78 is 28.6. The Kier molecular flexibility index (Phi) is 4.78. The molecule has 1 aliphatic rings. The van der Waals surface area contributed by atoms with Gasteiger partial charge in [-0.3, -0.25) is 0 Å². The van der Waals surface area contributed by atoms with Gasteiger partial charge in [-0.25, -0.2) is 18.6 Å². The molecule has 2 amide bonds. The van der Waals surface area contributed by atoms with Crippen molar-refractivity contribution < 1.29 is 13.6 Å². The van der Waals surface area contributed by atoms with Gasteiger partial charge in [0.25, 0.3) is 0 Å². The molecule has 1 aliphatic heterocycles. The third-order valence-corrected chi connectivity index (χ3v) is 4.30. The van der Waals surface area contributed by atoms with Crippen molar-refractivity contribution in [2.45, 2.75) is 25.3 Å². The van der Waals surface area contributed by atoms with Crippen LogP contribution in [-0.4, -0.2) is 33.6 Å². The molecular formula is C17H20F2N4O. The van der Waals surface area contributed by atoms with Crippen LogP contribution in [0.3, 0.4) is 0 Å². The summed E-state index contributed by atoms with van der Waals surface area (Å²) in [5.41, 5.74) is 0.452. The van der Waals surface area contributed by atoms with E-state index in [0.717, 1.165) is 31.4 Å². The molecule has 0 saturated carbocycles. The standard InChI is InChI=1S/C17H20F2N4O/c1-22-10-7-20-16(22)15(12-5-6-13(18)14(19)11-12)21-17(24)23-8-3-2-4-9-23/h5-7,10-11,15H,2-4,8-9H2,1H3,(H,21,24)/t15-/m0/s1. The van der Waals surface area contributed by atoms with Gasteiger partial charge >= 0.3 is 6.03 Å². The molecule has 1 aromatic heterocycles. The number of amides is 2. The van der Waals surface area contributed by atoms with E-state index in [9.17, 15) is 13.6 Å². The second kappa shape index (κ2) is 6.98. The minimum Gasteiger partial charge on any atom is -0.336 e. The van der Waals surface area contributed by atoms with Crippen LogP contribution in [0.15, 0.2) is 30.6 Å². The summed E-state index contributed by atoms with van der Waals surface area (Å²) in [6.07, 6.45) is 6.43. The minimum atomic E-state index is -0.945. The quantitative estimate of drug-likeness (QED) is 0.938. The first-order valence-electron chi connectivity index (χ1n) is 8.04. The minimum absolute atomic E-state index is 0.215.